The lowest BCUT2D eigenvalue weighted by molar-refractivity contribution is 0.109. The van der Waals surface area contributed by atoms with Gasteiger partial charge in [0.15, 0.2) is 12.0 Å². The van der Waals surface area contributed by atoms with E-state index in [2.05, 4.69) is 37.3 Å². The van der Waals surface area contributed by atoms with Gasteiger partial charge in [-0.05, 0) is 39.8 Å². The molecule has 0 aliphatic carbocycles. The fourth-order valence-corrected chi connectivity index (χ4v) is 2.99. The van der Waals surface area contributed by atoms with Gasteiger partial charge in [-0.15, -0.1) is 0 Å². The van der Waals surface area contributed by atoms with Crippen LogP contribution in [-0.4, -0.2) is 44.8 Å². The molecular formula is C13H22N2O4S. The summed E-state index contributed by atoms with van der Waals surface area (Å²) in [5.41, 5.74) is 0. The molecule has 1 aromatic rings. The predicted octanol–water partition coefficient (Wildman–Crippen LogP) is 1.49. The van der Waals surface area contributed by atoms with Crippen LogP contribution in [0.25, 0.3) is 0 Å². The molecule has 0 aromatic carbocycles. The molecule has 1 aromatic heterocycles. The highest BCUT2D eigenvalue weighted by molar-refractivity contribution is 7.89. The maximum atomic E-state index is 11.9. The third-order valence-corrected chi connectivity index (χ3v) is 4.31. The minimum absolute atomic E-state index is 0.00337. The van der Waals surface area contributed by atoms with E-state index in [1.807, 2.05) is 0 Å². The molecule has 0 fully saturated rings. The molecule has 7 heteroatoms. The van der Waals surface area contributed by atoms with Crippen LogP contribution in [0.2, 0.25) is 0 Å². The first-order valence-electron chi connectivity index (χ1n) is 6.58. The molecule has 1 heterocycles. The van der Waals surface area contributed by atoms with E-state index < -0.39 is 10.0 Å². The van der Waals surface area contributed by atoms with Crippen LogP contribution in [0.5, 0.6) is 0 Å². The van der Waals surface area contributed by atoms with Crippen molar-refractivity contribution in [2.24, 2.45) is 0 Å². The molecule has 20 heavy (non-hydrogen) atoms. The molecule has 0 amide bonds. The molecule has 1 N–H and O–H groups in total. The summed E-state index contributed by atoms with van der Waals surface area (Å²) < 4.78 is 31.3. The molecule has 0 bridgehead atoms. The van der Waals surface area contributed by atoms with E-state index in [1.165, 1.54) is 12.1 Å². The zero-order chi connectivity index (χ0) is 15.3. The van der Waals surface area contributed by atoms with Gasteiger partial charge in [-0.1, -0.05) is 0 Å². The van der Waals surface area contributed by atoms with Crippen LogP contribution in [0, 0.1) is 0 Å². The van der Waals surface area contributed by atoms with E-state index in [4.69, 9.17) is 4.42 Å². The average molecular weight is 302 g/mol. The zero-order valence-corrected chi connectivity index (χ0v) is 13.1. The third-order valence-electron chi connectivity index (χ3n) is 2.97. The van der Waals surface area contributed by atoms with E-state index in [0.29, 0.717) is 24.9 Å². The van der Waals surface area contributed by atoms with Gasteiger partial charge in [-0.25, -0.2) is 13.1 Å². The molecule has 6 nitrogen and oxygen atoms in total. The quantitative estimate of drug-likeness (QED) is 0.736. The van der Waals surface area contributed by atoms with E-state index in [-0.39, 0.29) is 17.4 Å². The van der Waals surface area contributed by atoms with Gasteiger partial charge in [0.2, 0.25) is 5.09 Å². The molecule has 0 saturated heterocycles. The summed E-state index contributed by atoms with van der Waals surface area (Å²) in [6.07, 6.45) is 0.471. The number of hydrogen-bond donors (Lipinski definition) is 1. The van der Waals surface area contributed by atoms with Gasteiger partial charge in [0.05, 0.1) is 0 Å². The van der Waals surface area contributed by atoms with Crippen LogP contribution < -0.4 is 4.72 Å². The Morgan fingerprint density at radius 2 is 1.85 bits per heavy atom. The Labute approximate surface area is 120 Å². The van der Waals surface area contributed by atoms with Crippen molar-refractivity contribution in [3.63, 3.8) is 0 Å². The average Bonchev–Trinajstić information content (AvgIpc) is 2.83. The van der Waals surface area contributed by atoms with Gasteiger partial charge in [0, 0.05) is 25.2 Å². The van der Waals surface area contributed by atoms with Crippen molar-refractivity contribution >= 4 is 16.3 Å². The normalized spacial score (nSPS) is 12.6. The highest BCUT2D eigenvalue weighted by atomic mass is 32.2. The first kappa shape index (κ1) is 16.9. The molecule has 0 unspecified atom stereocenters. The topological polar surface area (TPSA) is 79.6 Å². The molecular weight excluding hydrogens is 280 g/mol. The van der Waals surface area contributed by atoms with Crippen molar-refractivity contribution in [1.82, 2.24) is 9.62 Å². The van der Waals surface area contributed by atoms with Crippen LogP contribution in [0.4, 0.5) is 0 Å². The molecule has 0 aliphatic heterocycles. The van der Waals surface area contributed by atoms with Crippen LogP contribution in [0.1, 0.15) is 38.2 Å². The number of nitrogens with one attached hydrogen (secondary N) is 1. The summed E-state index contributed by atoms with van der Waals surface area (Å²) in [4.78, 5) is 12.7. The Kier molecular flexibility index (Phi) is 5.91. The lowest BCUT2D eigenvalue weighted by atomic mass is 10.2. The van der Waals surface area contributed by atoms with E-state index >= 15 is 0 Å². The monoisotopic (exact) mass is 302 g/mol. The van der Waals surface area contributed by atoms with Crippen LogP contribution in [0.15, 0.2) is 21.6 Å². The molecule has 0 atom stereocenters. The van der Waals surface area contributed by atoms with Crippen molar-refractivity contribution in [3.05, 3.63) is 17.9 Å². The molecule has 0 saturated carbocycles. The smallest absolute Gasteiger partial charge is 0.274 e. The summed E-state index contributed by atoms with van der Waals surface area (Å²) in [5.74, 6) is -0.00337. The van der Waals surface area contributed by atoms with Crippen molar-refractivity contribution < 1.29 is 17.6 Å². The van der Waals surface area contributed by atoms with Gasteiger partial charge < -0.3 is 4.42 Å². The molecule has 0 radical (unpaired) electrons. The molecule has 1 rings (SSSR count). The van der Waals surface area contributed by atoms with Crippen molar-refractivity contribution in [3.8, 4) is 0 Å². The SMILES string of the molecule is CC(C)N(CCNS(=O)(=O)c1ccc(C=O)o1)C(C)C. The number of rotatable bonds is 8. The minimum atomic E-state index is -3.70. The first-order chi connectivity index (χ1) is 9.27. The Morgan fingerprint density at radius 1 is 1.25 bits per heavy atom. The van der Waals surface area contributed by atoms with Crippen LogP contribution in [0.3, 0.4) is 0 Å². The fraction of sp³-hybridized carbons (Fsp3) is 0.615. The number of furan rings is 1. The molecule has 0 spiro atoms. The van der Waals surface area contributed by atoms with Gasteiger partial charge in [-0.2, -0.15) is 0 Å². The van der Waals surface area contributed by atoms with E-state index in [1.54, 1.807) is 0 Å². The highest BCUT2D eigenvalue weighted by Gasteiger charge is 2.19. The summed E-state index contributed by atoms with van der Waals surface area (Å²) >= 11 is 0. The summed E-state index contributed by atoms with van der Waals surface area (Å²) in [7, 11) is -3.70. The first-order valence-corrected chi connectivity index (χ1v) is 8.06. The zero-order valence-electron chi connectivity index (χ0n) is 12.3. The Hall–Kier alpha value is -1.18. The molecule has 114 valence electrons. The third kappa shape index (κ3) is 4.43. The Morgan fingerprint density at radius 3 is 2.30 bits per heavy atom. The standard InChI is InChI=1S/C13H22N2O4S/c1-10(2)15(11(3)4)8-7-14-20(17,18)13-6-5-12(9-16)19-13/h5-6,9-11,14H,7-8H2,1-4H3. The van der Waals surface area contributed by atoms with Gasteiger partial charge in [0.25, 0.3) is 10.0 Å². The number of nitrogens with zero attached hydrogens (tertiary/aromatic N) is 1. The second-order valence-corrected chi connectivity index (χ2v) is 6.80. The van der Waals surface area contributed by atoms with Crippen molar-refractivity contribution in [2.75, 3.05) is 13.1 Å². The molecule has 0 aliphatic rings. The Balaban J connectivity index is 2.62. The van der Waals surface area contributed by atoms with Crippen LogP contribution >= 0.6 is 0 Å². The van der Waals surface area contributed by atoms with Gasteiger partial charge in [0.1, 0.15) is 0 Å². The second kappa shape index (κ2) is 7.01. The Bertz CT molecular complexity index is 526. The number of sulfonamides is 1. The van der Waals surface area contributed by atoms with E-state index in [9.17, 15) is 13.2 Å². The largest absolute Gasteiger partial charge is 0.440 e. The summed E-state index contributed by atoms with van der Waals surface area (Å²) in [6.45, 7) is 9.16. The number of carbonyl (C=O) groups excluding carboxylic acids is 1. The number of hydrogen-bond acceptors (Lipinski definition) is 5. The van der Waals surface area contributed by atoms with Crippen molar-refractivity contribution in [1.29, 1.82) is 0 Å². The predicted molar refractivity (Wildman–Crippen MR) is 76.3 cm³/mol. The lowest BCUT2D eigenvalue weighted by Crippen LogP contribution is -2.42. The minimum Gasteiger partial charge on any atom is -0.440 e. The number of aldehydes is 1. The van der Waals surface area contributed by atoms with E-state index in [0.717, 1.165) is 0 Å². The van der Waals surface area contributed by atoms with Crippen molar-refractivity contribution in [2.45, 2.75) is 44.9 Å². The maximum Gasteiger partial charge on any atom is 0.274 e. The van der Waals surface area contributed by atoms with Gasteiger partial charge >= 0.3 is 0 Å². The summed E-state index contributed by atoms with van der Waals surface area (Å²) in [5, 5.41) is -0.236. The summed E-state index contributed by atoms with van der Waals surface area (Å²) in [6, 6.07) is 3.28. The van der Waals surface area contributed by atoms with Crippen LogP contribution in [-0.2, 0) is 10.0 Å². The number of carbonyl (C=O) groups is 1. The second-order valence-electron chi connectivity index (χ2n) is 5.10. The fourth-order valence-electron chi connectivity index (χ4n) is 2.04. The maximum absolute atomic E-state index is 11.9. The highest BCUT2D eigenvalue weighted by Crippen LogP contribution is 2.12. The van der Waals surface area contributed by atoms with Gasteiger partial charge in [-0.3, -0.25) is 9.69 Å². The lowest BCUT2D eigenvalue weighted by Gasteiger charge is -2.30.